The van der Waals surface area contributed by atoms with E-state index in [2.05, 4.69) is 10.6 Å². The highest BCUT2D eigenvalue weighted by molar-refractivity contribution is 5.80. The zero-order valence-corrected chi connectivity index (χ0v) is 16.7. The second kappa shape index (κ2) is 9.94. The number of aliphatic carboxylic acids is 1. The molecule has 1 heterocycles. The Bertz CT molecular complexity index is 921. The van der Waals surface area contributed by atoms with Crippen LogP contribution in [0.1, 0.15) is 36.9 Å². The van der Waals surface area contributed by atoms with Gasteiger partial charge in [0.25, 0.3) is 0 Å². The number of carboxylic acid groups (broad SMARTS) is 1. The molecule has 8 heteroatoms. The topological polar surface area (TPSA) is 104 Å². The predicted molar refractivity (Wildman–Crippen MR) is 109 cm³/mol. The maximum Gasteiger partial charge on any atom is 0.330 e. The Morgan fingerprint density at radius 3 is 2.63 bits per heavy atom. The van der Waals surface area contributed by atoms with Gasteiger partial charge in [-0.25, -0.2) is 9.18 Å². The standard InChI is InChI=1S/C22H24FN3O4/c1-2-29-17-11-18(20(23)19(12-17)30-16-7-9-25-10-8-16)21(22(27)28)26-15-5-3-14(13-24)4-6-15/h3-6,11-12,16,21,25-26H,2,7-10H2,1H3,(H,27,28). The lowest BCUT2D eigenvalue weighted by atomic mass is 10.0. The van der Waals surface area contributed by atoms with Gasteiger partial charge < -0.3 is 25.2 Å². The highest BCUT2D eigenvalue weighted by Crippen LogP contribution is 2.34. The molecule has 3 N–H and O–H groups in total. The SMILES string of the molecule is CCOc1cc(OC2CCNCC2)c(F)c(C(Nc2ccc(C#N)cc2)C(=O)O)c1. The summed E-state index contributed by atoms with van der Waals surface area (Å²) in [6.07, 6.45) is 1.32. The van der Waals surface area contributed by atoms with E-state index in [9.17, 15) is 9.90 Å². The maximum absolute atomic E-state index is 15.3. The normalized spacial score (nSPS) is 15.1. The molecule has 158 valence electrons. The largest absolute Gasteiger partial charge is 0.494 e. The maximum atomic E-state index is 15.3. The molecule has 30 heavy (non-hydrogen) atoms. The highest BCUT2D eigenvalue weighted by atomic mass is 19.1. The number of nitrogens with one attached hydrogen (secondary N) is 2. The van der Waals surface area contributed by atoms with E-state index < -0.39 is 17.8 Å². The number of piperidine rings is 1. The van der Waals surface area contributed by atoms with E-state index in [4.69, 9.17) is 14.7 Å². The van der Waals surface area contributed by atoms with Gasteiger partial charge in [0, 0.05) is 17.3 Å². The van der Waals surface area contributed by atoms with Crippen molar-refractivity contribution >= 4 is 11.7 Å². The number of ether oxygens (including phenoxy) is 2. The molecular formula is C22H24FN3O4. The van der Waals surface area contributed by atoms with E-state index in [1.807, 2.05) is 6.07 Å². The number of nitriles is 1. The van der Waals surface area contributed by atoms with E-state index in [0.29, 0.717) is 23.6 Å². The summed E-state index contributed by atoms with van der Waals surface area (Å²) in [7, 11) is 0. The van der Waals surface area contributed by atoms with Crippen molar-refractivity contribution in [1.82, 2.24) is 5.32 Å². The Labute approximate surface area is 174 Å². The van der Waals surface area contributed by atoms with Crippen molar-refractivity contribution in [2.24, 2.45) is 0 Å². The Morgan fingerprint density at radius 1 is 1.33 bits per heavy atom. The number of halogens is 1. The second-order valence-corrected chi connectivity index (χ2v) is 6.93. The molecule has 1 atom stereocenters. The lowest BCUT2D eigenvalue weighted by Crippen LogP contribution is -2.34. The average Bonchev–Trinajstić information content (AvgIpc) is 2.75. The third kappa shape index (κ3) is 5.19. The van der Waals surface area contributed by atoms with Gasteiger partial charge in [0.15, 0.2) is 17.6 Å². The Kier molecular flexibility index (Phi) is 7.09. The first kappa shape index (κ1) is 21.4. The van der Waals surface area contributed by atoms with Gasteiger partial charge in [-0.15, -0.1) is 0 Å². The van der Waals surface area contributed by atoms with Crippen molar-refractivity contribution in [2.75, 3.05) is 25.0 Å². The van der Waals surface area contributed by atoms with Gasteiger partial charge in [0.1, 0.15) is 11.9 Å². The molecule has 1 aliphatic rings. The molecular weight excluding hydrogens is 389 g/mol. The monoisotopic (exact) mass is 413 g/mol. The number of carbonyl (C=O) groups is 1. The lowest BCUT2D eigenvalue weighted by Gasteiger charge is -2.25. The summed E-state index contributed by atoms with van der Waals surface area (Å²) in [4.78, 5) is 12.0. The van der Waals surface area contributed by atoms with Crippen LogP contribution >= 0.6 is 0 Å². The molecule has 0 aliphatic carbocycles. The molecule has 0 bridgehead atoms. The van der Waals surface area contributed by atoms with Crippen molar-refractivity contribution < 1.29 is 23.8 Å². The molecule has 0 spiro atoms. The fourth-order valence-corrected chi connectivity index (χ4v) is 3.31. The molecule has 0 amide bonds. The molecule has 1 saturated heterocycles. The molecule has 2 aromatic rings. The minimum absolute atomic E-state index is 0.0178. The van der Waals surface area contributed by atoms with Crippen LogP contribution in [0.25, 0.3) is 0 Å². The van der Waals surface area contributed by atoms with Gasteiger partial charge in [-0.05, 0) is 63.2 Å². The molecule has 3 rings (SSSR count). The molecule has 0 saturated carbocycles. The van der Waals surface area contributed by atoms with Crippen LogP contribution in [0.4, 0.5) is 10.1 Å². The molecule has 1 aliphatic heterocycles. The molecule has 1 fully saturated rings. The average molecular weight is 413 g/mol. The molecule has 0 aromatic heterocycles. The zero-order chi connectivity index (χ0) is 21.5. The molecule has 1 unspecified atom stereocenters. The first-order chi connectivity index (χ1) is 14.5. The van der Waals surface area contributed by atoms with Crippen LogP contribution in [0, 0.1) is 17.1 Å². The number of hydrogen-bond acceptors (Lipinski definition) is 6. The van der Waals surface area contributed by atoms with Crippen molar-refractivity contribution in [1.29, 1.82) is 5.26 Å². The smallest absolute Gasteiger partial charge is 0.330 e. The van der Waals surface area contributed by atoms with Gasteiger partial charge in [0.2, 0.25) is 0 Å². The lowest BCUT2D eigenvalue weighted by molar-refractivity contribution is -0.138. The van der Waals surface area contributed by atoms with Crippen molar-refractivity contribution in [3.63, 3.8) is 0 Å². The summed E-state index contributed by atoms with van der Waals surface area (Å²) in [5.74, 6) is -1.66. The Hall–Kier alpha value is -3.31. The number of nitrogens with zero attached hydrogens (tertiary/aromatic N) is 1. The minimum atomic E-state index is -1.37. The zero-order valence-electron chi connectivity index (χ0n) is 16.7. The third-order valence-electron chi connectivity index (χ3n) is 4.81. The number of rotatable bonds is 8. The van der Waals surface area contributed by atoms with Crippen molar-refractivity contribution in [3.05, 3.63) is 53.3 Å². The van der Waals surface area contributed by atoms with E-state index in [1.165, 1.54) is 12.1 Å². The van der Waals surface area contributed by atoms with Crippen LogP contribution in [0.15, 0.2) is 36.4 Å². The second-order valence-electron chi connectivity index (χ2n) is 6.93. The summed E-state index contributed by atoms with van der Waals surface area (Å²) in [5, 5.41) is 24.7. The van der Waals surface area contributed by atoms with E-state index in [0.717, 1.165) is 25.9 Å². The van der Waals surface area contributed by atoms with E-state index >= 15 is 4.39 Å². The number of anilines is 1. The van der Waals surface area contributed by atoms with Gasteiger partial charge >= 0.3 is 5.97 Å². The molecule has 7 nitrogen and oxygen atoms in total. The number of carboxylic acids is 1. The number of hydrogen-bond donors (Lipinski definition) is 3. The van der Waals surface area contributed by atoms with Crippen LogP contribution in [0.2, 0.25) is 0 Å². The first-order valence-corrected chi connectivity index (χ1v) is 9.85. The van der Waals surface area contributed by atoms with E-state index in [1.54, 1.807) is 31.2 Å². The van der Waals surface area contributed by atoms with Crippen LogP contribution in [0.3, 0.4) is 0 Å². The predicted octanol–water partition coefficient (Wildman–Crippen LogP) is 3.46. The van der Waals surface area contributed by atoms with Gasteiger partial charge in [-0.2, -0.15) is 5.26 Å². The van der Waals surface area contributed by atoms with Crippen LogP contribution in [-0.2, 0) is 4.79 Å². The minimum Gasteiger partial charge on any atom is -0.494 e. The molecule has 0 radical (unpaired) electrons. The van der Waals surface area contributed by atoms with Gasteiger partial charge in [-0.1, -0.05) is 0 Å². The fraction of sp³-hybridized carbons (Fsp3) is 0.364. The summed E-state index contributed by atoms with van der Waals surface area (Å²) < 4.78 is 26.7. The quantitative estimate of drug-likeness (QED) is 0.609. The van der Waals surface area contributed by atoms with Gasteiger partial charge in [-0.3, -0.25) is 0 Å². The summed E-state index contributed by atoms with van der Waals surface area (Å²) in [5.41, 5.74) is 0.805. The summed E-state index contributed by atoms with van der Waals surface area (Å²) in [6.45, 7) is 3.70. The first-order valence-electron chi connectivity index (χ1n) is 9.85. The van der Waals surface area contributed by atoms with E-state index in [-0.39, 0.29) is 17.4 Å². The number of benzene rings is 2. The van der Waals surface area contributed by atoms with Crippen molar-refractivity contribution in [2.45, 2.75) is 31.9 Å². The van der Waals surface area contributed by atoms with Gasteiger partial charge in [0.05, 0.1) is 18.2 Å². The highest BCUT2D eigenvalue weighted by Gasteiger charge is 2.28. The Morgan fingerprint density at radius 2 is 2.03 bits per heavy atom. The molecule has 2 aromatic carbocycles. The summed E-state index contributed by atoms with van der Waals surface area (Å²) in [6, 6.07) is 9.73. The van der Waals surface area contributed by atoms with Crippen LogP contribution in [0.5, 0.6) is 11.5 Å². The fourth-order valence-electron chi connectivity index (χ4n) is 3.31. The van der Waals surface area contributed by atoms with Crippen molar-refractivity contribution in [3.8, 4) is 17.6 Å². The van der Waals surface area contributed by atoms with Crippen LogP contribution < -0.4 is 20.1 Å². The third-order valence-corrected chi connectivity index (χ3v) is 4.81. The Balaban J connectivity index is 1.94. The van der Waals surface area contributed by atoms with Crippen LogP contribution in [-0.4, -0.2) is 36.9 Å². The summed E-state index contributed by atoms with van der Waals surface area (Å²) >= 11 is 0.